The van der Waals surface area contributed by atoms with Crippen molar-refractivity contribution in [2.24, 2.45) is 5.73 Å². The normalized spacial score (nSPS) is 11.0. The number of hydrogen-bond acceptors (Lipinski definition) is 4. The number of pyridine rings is 1. The molecule has 0 saturated carbocycles. The van der Waals surface area contributed by atoms with Gasteiger partial charge in [0.2, 0.25) is 0 Å². The van der Waals surface area contributed by atoms with Crippen molar-refractivity contribution in [2.45, 2.75) is 34.1 Å². The molecule has 0 aliphatic heterocycles. The van der Waals surface area contributed by atoms with Gasteiger partial charge in [-0.15, -0.1) is 11.3 Å². The van der Waals surface area contributed by atoms with Gasteiger partial charge in [-0.2, -0.15) is 0 Å². The third-order valence-corrected chi connectivity index (χ3v) is 5.53. The lowest BCUT2D eigenvalue weighted by Crippen LogP contribution is -2.17. The summed E-state index contributed by atoms with van der Waals surface area (Å²) in [4.78, 5) is 29.8. The van der Waals surface area contributed by atoms with Gasteiger partial charge in [0.15, 0.2) is 0 Å². The maximum Gasteiger partial charge on any atom is 0.257 e. The second kappa shape index (κ2) is 6.33. The first-order valence-corrected chi connectivity index (χ1v) is 8.83. The average Bonchev–Trinajstić information content (AvgIpc) is 3.04. The number of imidazole rings is 1. The van der Waals surface area contributed by atoms with E-state index in [2.05, 4.69) is 17.2 Å². The summed E-state index contributed by atoms with van der Waals surface area (Å²) in [6, 6.07) is 3.55. The van der Waals surface area contributed by atoms with Gasteiger partial charge in [0.25, 0.3) is 11.8 Å². The fourth-order valence-corrected chi connectivity index (χ4v) is 3.93. The Morgan fingerprint density at radius 3 is 2.64 bits per heavy atom. The Morgan fingerprint density at radius 2 is 2.00 bits per heavy atom. The summed E-state index contributed by atoms with van der Waals surface area (Å²) in [5.41, 5.74) is 9.98. The smallest absolute Gasteiger partial charge is 0.257 e. The van der Waals surface area contributed by atoms with Crippen LogP contribution in [0.3, 0.4) is 0 Å². The van der Waals surface area contributed by atoms with Gasteiger partial charge in [0, 0.05) is 16.8 Å². The molecule has 0 aliphatic rings. The fourth-order valence-electron chi connectivity index (χ4n) is 2.87. The van der Waals surface area contributed by atoms with Gasteiger partial charge in [-0.05, 0) is 44.9 Å². The van der Waals surface area contributed by atoms with E-state index in [-0.39, 0.29) is 5.91 Å². The van der Waals surface area contributed by atoms with Crippen LogP contribution in [0.5, 0.6) is 0 Å². The second-order valence-corrected chi connectivity index (χ2v) is 7.17. The summed E-state index contributed by atoms with van der Waals surface area (Å²) in [6.45, 7) is 7.76. The highest BCUT2D eigenvalue weighted by Gasteiger charge is 2.20. The molecule has 25 heavy (non-hydrogen) atoms. The van der Waals surface area contributed by atoms with Crippen molar-refractivity contribution in [3.8, 4) is 0 Å². The highest BCUT2D eigenvalue weighted by molar-refractivity contribution is 7.16. The molecule has 3 N–H and O–H groups in total. The van der Waals surface area contributed by atoms with E-state index < -0.39 is 5.91 Å². The van der Waals surface area contributed by atoms with E-state index in [9.17, 15) is 9.59 Å². The van der Waals surface area contributed by atoms with Gasteiger partial charge < -0.3 is 15.5 Å². The minimum atomic E-state index is -0.536. The van der Waals surface area contributed by atoms with E-state index in [1.165, 1.54) is 11.3 Å². The summed E-state index contributed by atoms with van der Waals surface area (Å²) in [7, 11) is 0. The largest absolute Gasteiger partial charge is 0.365 e. The minimum Gasteiger partial charge on any atom is -0.365 e. The highest BCUT2D eigenvalue weighted by Crippen LogP contribution is 2.32. The van der Waals surface area contributed by atoms with Crippen molar-refractivity contribution in [3.05, 3.63) is 51.3 Å². The lowest BCUT2D eigenvalue weighted by molar-refractivity contribution is 0.100. The molecule has 6 nitrogen and oxygen atoms in total. The predicted octanol–water partition coefficient (Wildman–Crippen LogP) is 3.23. The maximum atomic E-state index is 12.7. The number of nitrogens with zero attached hydrogens (tertiary/aromatic N) is 2. The number of aryl methyl sites for hydroxylation is 3. The van der Waals surface area contributed by atoms with Gasteiger partial charge in [0.05, 0.1) is 16.8 Å². The molecule has 0 unspecified atom stereocenters. The van der Waals surface area contributed by atoms with E-state index in [0.717, 1.165) is 33.9 Å². The number of thiophene rings is 1. The molecule has 0 saturated heterocycles. The molecule has 3 rings (SSSR count). The topological polar surface area (TPSA) is 89.5 Å². The average molecular weight is 356 g/mol. The molecule has 130 valence electrons. The number of carbonyl (C=O) groups excluding carboxylic acids is 2. The van der Waals surface area contributed by atoms with Crippen molar-refractivity contribution in [3.63, 3.8) is 0 Å². The third-order valence-electron chi connectivity index (χ3n) is 4.41. The zero-order chi connectivity index (χ0) is 18.3. The number of amides is 2. The Balaban J connectivity index is 1.97. The first-order valence-electron chi connectivity index (χ1n) is 8.02. The van der Waals surface area contributed by atoms with Gasteiger partial charge in [-0.25, -0.2) is 4.98 Å². The highest BCUT2D eigenvalue weighted by atomic mass is 32.1. The minimum absolute atomic E-state index is 0.281. The molecule has 3 aromatic heterocycles. The van der Waals surface area contributed by atoms with E-state index in [0.29, 0.717) is 16.1 Å². The number of primary amides is 1. The molecule has 0 atom stereocenters. The summed E-state index contributed by atoms with van der Waals surface area (Å²) in [6.07, 6.45) is 2.61. The number of aromatic nitrogens is 2. The summed E-state index contributed by atoms with van der Waals surface area (Å²) in [5, 5.41) is 3.31. The molecule has 3 aromatic rings. The Bertz CT molecular complexity index is 1000. The Hall–Kier alpha value is -2.67. The molecular formula is C18H20N4O2S. The number of anilines is 1. The Morgan fingerprint density at radius 1 is 1.28 bits per heavy atom. The lowest BCUT2D eigenvalue weighted by atomic mass is 10.1. The van der Waals surface area contributed by atoms with Crippen LogP contribution in [0, 0.1) is 20.8 Å². The van der Waals surface area contributed by atoms with Crippen LogP contribution in [0.4, 0.5) is 5.00 Å². The van der Waals surface area contributed by atoms with Crippen LogP contribution in [0.2, 0.25) is 0 Å². The van der Waals surface area contributed by atoms with Gasteiger partial charge in [-0.3, -0.25) is 9.59 Å². The van der Waals surface area contributed by atoms with Crippen LogP contribution < -0.4 is 11.1 Å². The summed E-state index contributed by atoms with van der Waals surface area (Å²) >= 11 is 1.35. The monoisotopic (exact) mass is 356 g/mol. The molecule has 2 amide bonds. The van der Waals surface area contributed by atoms with Crippen LogP contribution >= 0.6 is 11.3 Å². The third kappa shape index (κ3) is 2.91. The standard InChI is InChI=1S/C18H20N4O2S/c1-5-13-10(3)22-8-12(6-7-14(22)20-13)17(24)21-18-15(16(19)23)9(2)11(4)25-18/h6-8H,5H2,1-4H3,(H2,19,23)(H,21,24). The van der Waals surface area contributed by atoms with Crippen molar-refractivity contribution < 1.29 is 9.59 Å². The van der Waals surface area contributed by atoms with E-state index in [4.69, 9.17) is 5.73 Å². The van der Waals surface area contributed by atoms with E-state index in [1.807, 2.05) is 31.2 Å². The fraction of sp³-hybridized carbons (Fsp3) is 0.278. The van der Waals surface area contributed by atoms with Gasteiger partial charge >= 0.3 is 0 Å². The quantitative estimate of drug-likeness (QED) is 0.752. The van der Waals surface area contributed by atoms with E-state index in [1.54, 1.807) is 12.3 Å². The maximum absolute atomic E-state index is 12.7. The molecule has 0 spiro atoms. The molecule has 0 bridgehead atoms. The second-order valence-electron chi connectivity index (χ2n) is 5.95. The van der Waals surface area contributed by atoms with Crippen LogP contribution in [0.15, 0.2) is 18.3 Å². The Kier molecular flexibility index (Phi) is 4.34. The zero-order valence-electron chi connectivity index (χ0n) is 14.6. The van der Waals surface area contributed by atoms with Crippen LogP contribution in [0.25, 0.3) is 5.65 Å². The summed E-state index contributed by atoms with van der Waals surface area (Å²) in [5.74, 6) is -0.817. The molecule has 7 heteroatoms. The van der Waals surface area contributed by atoms with Crippen molar-refractivity contribution in [1.29, 1.82) is 0 Å². The predicted molar refractivity (Wildman–Crippen MR) is 99.6 cm³/mol. The van der Waals surface area contributed by atoms with Crippen LogP contribution in [0.1, 0.15) is 49.5 Å². The molecule has 0 aromatic carbocycles. The summed E-state index contributed by atoms with van der Waals surface area (Å²) < 4.78 is 1.91. The first-order chi connectivity index (χ1) is 11.8. The number of rotatable bonds is 4. The molecule has 0 aliphatic carbocycles. The number of fused-ring (bicyclic) bond motifs is 1. The molecule has 3 heterocycles. The Labute approximate surface area is 149 Å². The number of nitrogens with one attached hydrogen (secondary N) is 1. The first kappa shape index (κ1) is 17.2. The van der Waals surface area contributed by atoms with Gasteiger partial charge in [0.1, 0.15) is 10.6 Å². The SMILES string of the molecule is CCc1nc2ccc(C(=O)Nc3sc(C)c(C)c3C(N)=O)cn2c1C. The molecule has 0 radical (unpaired) electrons. The van der Waals surface area contributed by atoms with Crippen LogP contribution in [-0.4, -0.2) is 21.2 Å². The van der Waals surface area contributed by atoms with Crippen molar-refractivity contribution in [2.75, 3.05) is 5.32 Å². The van der Waals surface area contributed by atoms with Crippen LogP contribution in [-0.2, 0) is 6.42 Å². The zero-order valence-corrected chi connectivity index (χ0v) is 15.5. The molecule has 0 fully saturated rings. The van der Waals surface area contributed by atoms with Gasteiger partial charge in [-0.1, -0.05) is 6.92 Å². The molecular weight excluding hydrogens is 336 g/mol. The van der Waals surface area contributed by atoms with Crippen molar-refractivity contribution >= 4 is 33.8 Å². The van der Waals surface area contributed by atoms with E-state index >= 15 is 0 Å². The number of hydrogen-bond donors (Lipinski definition) is 2. The lowest BCUT2D eigenvalue weighted by Gasteiger charge is -2.06. The number of carbonyl (C=O) groups is 2. The number of nitrogens with two attached hydrogens (primary N) is 1. The van der Waals surface area contributed by atoms with Crippen molar-refractivity contribution in [1.82, 2.24) is 9.38 Å².